The van der Waals surface area contributed by atoms with Gasteiger partial charge in [0.15, 0.2) is 5.82 Å². The van der Waals surface area contributed by atoms with Crippen molar-refractivity contribution in [2.24, 2.45) is 0 Å². The summed E-state index contributed by atoms with van der Waals surface area (Å²) < 4.78 is 0. The molecule has 0 radical (unpaired) electrons. The van der Waals surface area contributed by atoms with Gasteiger partial charge in [-0.3, -0.25) is 5.10 Å². The topological polar surface area (TPSA) is 92.8 Å². The number of carbonyl (C=O) groups is 1. The Labute approximate surface area is 103 Å². The summed E-state index contributed by atoms with van der Waals surface area (Å²) in [6, 6.07) is 1.84. The fourth-order valence-electron chi connectivity index (χ4n) is 1.55. The Morgan fingerprint density at radius 1 is 1.39 bits per heavy atom. The average molecular weight is 245 g/mol. The molecule has 0 spiro atoms. The van der Waals surface area contributed by atoms with Crippen LogP contribution in [-0.2, 0) is 4.84 Å². The number of rotatable bonds is 4. The number of aromatic amines is 1. The highest BCUT2D eigenvalue weighted by molar-refractivity contribution is 5.88. The molecule has 0 bridgehead atoms. The monoisotopic (exact) mass is 245 g/mol. The first kappa shape index (κ1) is 10.7. The van der Waals surface area contributed by atoms with E-state index in [2.05, 4.69) is 25.6 Å². The van der Waals surface area contributed by atoms with Gasteiger partial charge in [0, 0.05) is 30.1 Å². The van der Waals surface area contributed by atoms with Gasteiger partial charge < -0.3 is 4.84 Å². The Bertz CT molecular complexity index is 550. The second-order valence-corrected chi connectivity index (χ2v) is 4.10. The molecule has 3 rings (SSSR count). The molecule has 92 valence electrons. The summed E-state index contributed by atoms with van der Waals surface area (Å²) in [5.74, 6) is 0.514. The lowest BCUT2D eigenvalue weighted by atomic mass is 10.3. The van der Waals surface area contributed by atoms with E-state index in [0.717, 1.165) is 5.69 Å². The number of carbonyl (C=O) groups excluding carboxylic acids is 1. The predicted octanol–water partition coefficient (Wildman–Crippen LogP) is 1.26. The fourth-order valence-corrected chi connectivity index (χ4v) is 1.55. The minimum atomic E-state index is -0.549. The molecule has 1 aliphatic rings. The zero-order chi connectivity index (χ0) is 12.4. The minimum absolute atomic E-state index is 0.281. The van der Waals surface area contributed by atoms with Crippen molar-refractivity contribution in [3.63, 3.8) is 0 Å². The first-order valence-electron chi connectivity index (χ1n) is 5.60. The van der Waals surface area contributed by atoms with Crippen LogP contribution in [0.4, 0.5) is 5.82 Å². The smallest absolute Gasteiger partial charge is 0.336 e. The van der Waals surface area contributed by atoms with Gasteiger partial charge in [0.1, 0.15) is 6.33 Å². The van der Waals surface area contributed by atoms with E-state index < -0.39 is 5.97 Å². The summed E-state index contributed by atoms with van der Waals surface area (Å²) in [4.78, 5) is 23.9. The van der Waals surface area contributed by atoms with Crippen LogP contribution in [0.3, 0.4) is 0 Å². The Balaban J connectivity index is 1.58. The van der Waals surface area contributed by atoms with Crippen LogP contribution in [0.5, 0.6) is 0 Å². The van der Waals surface area contributed by atoms with Gasteiger partial charge in [-0.2, -0.15) is 10.6 Å². The van der Waals surface area contributed by atoms with E-state index >= 15 is 0 Å². The van der Waals surface area contributed by atoms with Crippen LogP contribution in [0.2, 0.25) is 0 Å². The van der Waals surface area contributed by atoms with Gasteiger partial charge in [0.2, 0.25) is 0 Å². The Kier molecular flexibility index (Phi) is 2.64. The maximum atomic E-state index is 11.6. The summed E-state index contributed by atoms with van der Waals surface area (Å²) in [5, 5.41) is 6.90. The van der Waals surface area contributed by atoms with E-state index in [9.17, 15) is 4.79 Å². The molecule has 18 heavy (non-hydrogen) atoms. The lowest BCUT2D eigenvalue weighted by Gasteiger charge is -2.02. The van der Waals surface area contributed by atoms with E-state index in [0.29, 0.717) is 11.7 Å². The van der Waals surface area contributed by atoms with E-state index in [4.69, 9.17) is 4.84 Å². The SMILES string of the molecule is O=C(ONc1cc(C2CC2)[nH]n1)c1cncnc1. The Morgan fingerprint density at radius 3 is 2.89 bits per heavy atom. The van der Waals surface area contributed by atoms with Crippen LogP contribution in [0.15, 0.2) is 24.8 Å². The highest BCUT2D eigenvalue weighted by Gasteiger charge is 2.25. The molecule has 1 aliphatic carbocycles. The number of hydrogen-bond donors (Lipinski definition) is 2. The predicted molar refractivity (Wildman–Crippen MR) is 61.6 cm³/mol. The molecular formula is C11H11N5O2. The van der Waals surface area contributed by atoms with Crippen LogP contribution in [0.25, 0.3) is 0 Å². The van der Waals surface area contributed by atoms with Crippen LogP contribution >= 0.6 is 0 Å². The normalized spacial score (nSPS) is 14.2. The van der Waals surface area contributed by atoms with Gasteiger partial charge in [-0.05, 0) is 12.8 Å². The zero-order valence-electron chi connectivity index (χ0n) is 9.46. The fraction of sp³-hybridized carbons (Fsp3) is 0.273. The van der Waals surface area contributed by atoms with Gasteiger partial charge in [-0.25, -0.2) is 14.8 Å². The zero-order valence-corrected chi connectivity index (χ0v) is 9.46. The lowest BCUT2D eigenvalue weighted by molar-refractivity contribution is 0.0594. The summed E-state index contributed by atoms with van der Waals surface area (Å²) in [6.45, 7) is 0. The van der Waals surface area contributed by atoms with E-state index in [1.54, 1.807) is 0 Å². The number of aromatic nitrogens is 4. The van der Waals surface area contributed by atoms with Crippen molar-refractivity contribution in [3.8, 4) is 0 Å². The molecule has 7 nitrogen and oxygen atoms in total. The Hall–Kier alpha value is -2.44. The van der Waals surface area contributed by atoms with Crippen molar-refractivity contribution < 1.29 is 9.63 Å². The van der Waals surface area contributed by atoms with Crippen molar-refractivity contribution >= 4 is 11.8 Å². The molecule has 0 saturated heterocycles. The maximum absolute atomic E-state index is 11.6. The molecule has 0 aliphatic heterocycles. The van der Waals surface area contributed by atoms with Gasteiger partial charge in [-0.1, -0.05) is 0 Å². The van der Waals surface area contributed by atoms with Crippen molar-refractivity contribution in [1.82, 2.24) is 20.2 Å². The Morgan fingerprint density at radius 2 is 2.17 bits per heavy atom. The molecule has 2 aromatic heterocycles. The number of nitrogens with one attached hydrogen (secondary N) is 2. The molecule has 0 amide bonds. The van der Waals surface area contributed by atoms with Crippen LogP contribution in [0, 0.1) is 0 Å². The summed E-state index contributed by atoms with van der Waals surface area (Å²) in [5.41, 5.74) is 3.85. The summed E-state index contributed by atoms with van der Waals surface area (Å²) >= 11 is 0. The first-order valence-corrected chi connectivity index (χ1v) is 5.60. The number of H-pyrrole nitrogens is 1. The number of nitrogens with zero attached hydrogens (tertiary/aromatic N) is 3. The van der Waals surface area contributed by atoms with Crippen LogP contribution < -0.4 is 5.48 Å². The van der Waals surface area contributed by atoms with Gasteiger partial charge in [0.05, 0.1) is 5.56 Å². The second kappa shape index (κ2) is 4.44. The second-order valence-electron chi connectivity index (χ2n) is 4.10. The van der Waals surface area contributed by atoms with Crippen LogP contribution in [0.1, 0.15) is 34.8 Å². The van der Waals surface area contributed by atoms with Gasteiger partial charge >= 0.3 is 5.97 Å². The molecular weight excluding hydrogens is 234 g/mol. The van der Waals surface area contributed by atoms with Crippen molar-refractivity contribution in [1.29, 1.82) is 0 Å². The first-order chi connectivity index (χ1) is 8.83. The van der Waals surface area contributed by atoms with E-state index in [-0.39, 0.29) is 5.56 Å². The molecule has 0 unspecified atom stereocenters. The third kappa shape index (κ3) is 2.29. The highest BCUT2D eigenvalue weighted by atomic mass is 16.7. The summed E-state index contributed by atoms with van der Waals surface area (Å²) in [6.07, 6.45) is 6.49. The third-order valence-corrected chi connectivity index (χ3v) is 2.66. The molecule has 0 atom stereocenters. The number of anilines is 1. The maximum Gasteiger partial charge on any atom is 0.366 e. The van der Waals surface area contributed by atoms with Crippen molar-refractivity contribution in [3.05, 3.63) is 36.0 Å². The quantitative estimate of drug-likeness (QED) is 0.788. The van der Waals surface area contributed by atoms with Gasteiger partial charge in [0.25, 0.3) is 0 Å². The molecule has 2 aromatic rings. The molecule has 1 saturated carbocycles. The highest BCUT2D eigenvalue weighted by Crippen LogP contribution is 2.39. The van der Waals surface area contributed by atoms with Crippen LogP contribution in [-0.4, -0.2) is 26.1 Å². The number of hydrogen-bond acceptors (Lipinski definition) is 6. The molecule has 2 heterocycles. The minimum Gasteiger partial charge on any atom is -0.336 e. The van der Waals surface area contributed by atoms with E-state index in [1.807, 2.05) is 6.07 Å². The molecule has 1 fully saturated rings. The van der Waals surface area contributed by atoms with Crippen molar-refractivity contribution in [2.75, 3.05) is 5.48 Å². The summed E-state index contributed by atoms with van der Waals surface area (Å²) in [7, 11) is 0. The largest absolute Gasteiger partial charge is 0.366 e. The lowest BCUT2D eigenvalue weighted by Crippen LogP contribution is -2.11. The average Bonchev–Trinajstić information content (AvgIpc) is 3.16. The third-order valence-electron chi connectivity index (χ3n) is 2.66. The standard InChI is InChI=1S/C11H11N5O2/c17-11(8-4-12-6-13-5-8)18-16-10-3-9(14-15-10)7-1-2-7/h3-7H,1-2H2,(H2,14,15,16). The van der Waals surface area contributed by atoms with Crippen molar-refractivity contribution in [2.45, 2.75) is 18.8 Å². The molecule has 2 N–H and O–H groups in total. The van der Waals surface area contributed by atoms with Gasteiger partial charge in [-0.15, -0.1) is 0 Å². The molecule has 7 heteroatoms. The molecule has 0 aromatic carbocycles. The van der Waals surface area contributed by atoms with E-state index in [1.165, 1.54) is 31.6 Å².